The molecule has 1 fully saturated rings. The van der Waals surface area contributed by atoms with Crippen molar-refractivity contribution in [2.75, 3.05) is 11.9 Å². The fourth-order valence-electron chi connectivity index (χ4n) is 2.21. The van der Waals surface area contributed by atoms with Crippen molar-refractivity contribution in [3.8, 4) is 0 Å². The van der Waals surface area contributed by atoms with Gasteiger partial charge in [-0.15, -0.1) is 0 Å². The van der Waals surface area contributed by atoms with Crippen LogP contribution in [0.15, 0.2) is 30.3 Å². The Balaban J connectivity index is 2.14. The lowest BCUT2D eigenvalue weighted by Gasteiger charge is -2.20. The number of hydrogen-bond donors (Lipinski definition) is 1. The summed E-state index contributed by atoms with van der Waals surface area (Å²) in [6.45, 7) is 0.0459. The molecule has 3 rings (SSSR count). The number of nitrogens with zero attached hydrogens (tertiary/aromatic N) is 2. The second-order valence-corrected chi connectivity index (χ2v) is 4.66. The van der Waals surface area contributed by atoms with Gasteiger partial charge in [0, 0.05) is 24.0 Å². The van der Waals surface area contributed by atoms with Gasteiger partial charge in [-0.3, -0.25) is 0 Å². The van der Waals surface area contributed by atoms with E-state index >= 15 is 0 Å². The molecule has 0 spiro atoms. The quantitative estimate of drug-likeness (QED) is 0.876. The van der Waals surface area contributed by atoms with Gasteiger partial charge < -0.3 is 10.0 Å². The first-order valence-electron chi connectivity index (χ1n) is 6.02. The summed E-state index contributed by atoms with van der Waals surface area (Å²) in [4.78, 5) is 6.87. The fourth-order valence-corrected chi connectivity index (χ4v) is 2.21. The molecule has 0 amide bonds. The van der Waals surface area contributed by atoms with Crippen molar-refractivity contribution in [1.82, 2.24) is 4.98 Å². The van der Waals surface area contributed by atoms with Gasteiger partial charge in [0.15, 0.2) is 0 Å². The van der Waals surface area contributed by atoms with Gasteiger partial charge in [-0.05, 0) is 25.0 Å². The Morgan fingerprint density at radius 1 is 1.35 bits per heavy atom. The molecule has 1 aromatic heterocycles. The Labute approximate surface area is 101 Å². The number of benzene rings is 1. The van der Waals surface area contributed by atoms with Crippen LogP contribution < -0.4 is 4.90 Å². The molecule has 0 unspecified atom stereocenters. The third-order valence-electron chi connectivity index (χ3n) is 3.38. The van der Waals surface area contributed by atoms with Crippen LogP contribution in [-0.4, -0.2) is 23.2 Å². The number of pyridine rings is 1. The first kappa shape index (κ1) is 10.5. The zero-order chi connectivity index (χ0) is 11.8. The topological polar surface area (TPSA) is 36.4 Å². The molecule has 1 aliphatic carbocycles. The molecule has 1 aliphatic rings. The normalized spacial score (nSPS) is 15.2. The van der Waals surface area contributed by atoms with Crippen LogP contribution in [0.4, 0.5) is 5.82 Å². The van der Waals surface area contributed by atoms with Gasteiger partial charge in [0.2, 0.25) is 0 Å². The van der Waals surface area contributed by atoms with Gasteiger partial charge >= 0.3 is 0 Å². The molecule has 0 saturated heterocycles. The second-order valence-electron chi connectivity index (χ2n) is 4.66. The van der Waals surface area contributed by atoms with Gasteiger partial charge in [-0.25, -0.2) is 4.98 Å². The van der Waals surface area contributed by atoms with Crippen molar-refractivity contribution in [2.24, 2.45) is 0 Å². The second kappa shape index (κ2) is 4.00. The van der Waals surface area contributed by atoms with Crippen molar-refractivity contribution in [1.29, 1.82) is 0 Å². The molecule has 17 heavy (non-hydrogen) atoms. The van der Waals surface area contributed by atoms with E-state index in [1.165, 1.54) is 12.8 Å². The van der Waals surface area contributed by atoms with Crippen molar-refractivity contribution < 1.29 is 5.11 Å². The maximum Gasteiger partial charge on any atom is 0.134 e. The SMILES string of the molecule is CN(c1nc2ccccc2cc1CO)C1CC1. The molecule has 0 aliphatic heterocycles. The number of hydrogen-bond acceptors (Lipinski definition) is 3. The first-order valence-corrected chi connectivity index (χ1v) is 6.02. The van der Waals surface area contributed by atoms with Gasteiger partial charge in [-0.2, -0.15) is 0 Å². The lowest BCUT2D eigenvalue weighted by atomic mass is 10.1. The van der Waals surface area contributed by atoms with Gasteiger partial charge in [0.25, 0.3) is 0 Å². The zero-order valence-corrected chi connectivity index (χ0v) is 9.93. The number of aromatic nitrogens is 1. The highest BCUT2D eigenvalue weighted by atomic mass is 16.3. The van der Waals surface area contributed by atoms with Gasteiger partial charge in [0.1, 0.15) is 5.82 Å². The van der Waals surface area contributed by atoms with Crippen LogP contribution in [0, 0.1) is 0 Å². The highest BCUT2D eigenvalue weighted by Gasteiger charge is 2.28. The van der Waals surface area contributed by atoms with Gasteiger partial charge in [-0.1, -0.05) is 18.2 Å². The summed E-state index contributed by atoms with van der Waals surface area (Å²) in [7, 11) is 2.06. The van der Waals surface area contributed by atoms with Crippen molar-refractivity contribution in [2.45, 2.75) is 25.5 Å². The van der Waals surface area contributed by atoms with Crippen LogP contribution in [0.1, 0.15) is 18.4 Å². The number of aliphatic hydroxyl groups excluding tert-OH is 1. The minimum Gasteiger partial charge on any atom is -0.392 e. The van der Waals surface area contributed by atoms with E-state index in [1.807, 2.05) is 30.3 Å². The predicted molar refractivity (Wildman–Crippen MR) is 69.1 cm³/mol. The third-order valence-corrected chi connectivity index (χ3v) is 3.38. The highest BCUT2D eigenvalue weighted by molar-refractivity contribution is 5.81. The summed E-state index contributed by atoms with van der Waals surface area (Å²) in [6.07, 6.45) is 2.46. The Morgan fingerprint density at radius 3 is 2.82 bits per heavy atom. The van der Waals surface area contributed by atoms with E-state index in [-0.39, 0.29) is 6.61 Å². The van der Waals surface area contributed by atoms with Crippen LogP contribution >= 0.6 is 0 Å². The molecule has 2 aromatic rings. The van der Waals surface area contributed by atoms with Crippen LogP contribution in [0.3, 0.4) is 0 Å². The van der Waals surface area contributed by atoms with E-state index in [0.29, 0.717) is 6.04 Å². The highest BCUT2D eigenvalue weighted by Crippen LogP contribution is 2.32. The number of rotatable bonds is 3. The number of anilines is 1. The largest absolute Gasteiger partial charge is 0.392 e. The van der Waals surface area contributed by atoms with Crippen LogP contribution in [0.2, 0.25) is 0 Å². The van der Waals surface area contributed by atoms with Gasteiger partial charge in [0.05, 0.1) is 12.1 Å². The van der Waals surface area contributed by atoms with E-state index < -0.39 is 0 Å². The number of para-hydroxylation sites is 1. The Bertz CT molecular complexity index is 549. The smallest absolute Gasteiger partial charge is 0.134 e. The minimum atomic E-state index is 0.0459. The van der Waals surface area contributed by atoms with Crippen molar-refractivity contribution >= 4 is 16.7 Å². The maximum atomic E-state index is 9.46. The molecule has 0 atom stereocenters. The minimum absolute atomic E-state index is 0.0459. The zero-order valence-electron chi connectivity index (χ0n) is 9.93. The molecule has 1 heterocycles. The maximum absolute atomic E-state index is 9.46. The summed E-state index contributed by atoms with van der Waals surface area (Å²) >= 11 is 0. The van der Waals surface area contributed by atoms with E-state index in [1.54, 1.807) is 0 Å². The molecule has 1 saturated carbocycles. The van der Waals surface area contributed by atoms with Crippen LogP contribution in [0.25, 0.3) is 10.9 Å². The lowest BCUT2D eigenvalue weighted by molar-refractivity contribution is 0.282. The molecule has 0 radical (unpaired) electrons. The molecule has 3 heteroatoms. The summed E-state index contributed by atoms with van der Waals surface area (Å²) in [5, 5.41) is 10.5. The lowest BCUT2D eigenvalue weighted by Crippen LogP contribution is -2.22. The van der Waals surface area contributed by atoms with Crippen molar-refractivity contribution in [3.63, 3.8) is 0 Å². The van der Waals surface area contributed by atoms with E-state index in [4.69, 9.17) is 0 Å². The number of aliphatic hydroxyl groups is 1. The summed E-state index contributed by atoms with van der Waals surface area (Å²) in [5.41, 5.74) is 1.91. The summed E-state index contributed by atoms with van der Waals surface area (Å²) < 4.78 is 0. The van der Waals surface area contributed by atoms with E-state index in [2.05, 4.69) is 16.9 Å². The molecule has 1 aromatic carbocycles. The van der Waals surface area contributed by atoms with Crippen LogP contribution in [-0.2, 0) is 6.61 Å². The van der Waals surface area contributed by atoms with Crippen LogP contribution in [0.5, 0.6) is 0 Å². The van der Waals surface area contributed by atoms with E-state index in [9.17, 15) is 5.11 Å². The standard InChI is InChI=1S/C14H16N2O/c1-16(12-6-7-12)14-11(9-17)8-10-4-2-3-5-13(10)15-14/h2-5,8,12,17H,6-7,9H2,1H3. The molecule has 1 N–H and O–H groups in total. The average Bonchev–Trinajstić information content (AvgIpc) is 3.20. The van der Waals surface area contributed by atoms with Crippen molar-refractivity contribution in [3.05, 3.63) is 35.9 Å². The third kappa shape index (κ3) is 1.87. The molecule has 88 valence electrons. The Morgan fingerprint density at radius 2 is 2.12 bits per heavy atom. The number of fused-ring (bicyclic) bond motifs is 1. The predicted octanol–water partition coefficient (Wildman–Crippen LogP) is 2.33. The summed E-state index contributed by atoms with van der Waals surface area (Å²) in [5.74, 6) is 0.925. The van der Waals surface area contributed by atoms with E-state index in [0.717, 1.165) is 22.3 Å². The molecule has 3 nitrogen and oxygen atoms in total. The molecular weight excluding hydrogens is 212 g/mol. The molecular formula is C14H16N2O. The average molecular weight is 228 g/mol. The summed E-state index contributed by atoms with van der Waals surface area (Å²) in [6, 6.07) is 10.7. The Kier molecular flexibility index (Phi) is 2.48. The fraction of sp³-hybridized carbons (Fsp3) is 0.357. The first-order chi connectivity index (χ1) is 8.29. The monoisotopic (exact) mass is 228 g/mol. The molecule has 0 bridgehead atoms. The Hall–Kier alpha value is -1.61.